The number of nitrogens with one attached hydrogen (secondary N) is 2. The van der Waals surface area contributed by atoms with Crippen LogP contribution >= 0.6 is 0 Å². The van der Waals surface area contributed by atoms with Gasteiger partial charge >= 0.3 is 0 Å². The van der Waals surface area contributed by atoms with Gasteiger partial charge in [0.25, 0.3) is 0 Å². The Balaban J connectivity index is 2.55. The van der Waals surface area contributed by atoms with E-state index in [2.05, 4.69) is 17.2 Å². The van der Waals surface area contributed by atoms with Crippen LogP contribution in [0.2, 0.25) is 0 Å². The van der Waals surface area contributed by atoms with Gasteiger partial charge < -0.3 is 10.6 Å². The van der Waals surface area contributed by atoms with E-state index in [-0.39, 0.29) is 5.91 Å². The molecule has 0 radical (unpaired) electrons. The molecule has 1 aliphatic rings. The van der Waals surface area contributed by atoms with Crippen molar-refractivity contribution in [3.63, 3.8) is 0 Å². The van der Waals surface area contributed by atoms with E-state index in [1.165, 1.54) is 6.08 Å². The minimum absolute atomic E-state index is 0.145. The maximum absolute atomic E-state index is 10.9. The van der Waals surface area contributed by atoms with Crippen LogP contribution in [0.4, 0.5) is 0 Å². The Morgan fingerprint density at radius 3 is 3.00 bits per heavy atom. The molecule has 1 aliphatic heterocycles. The van der Waals surface area contributed by atoms with Crippen molar-refractivity contribution < 1.29 is 4.79 Å². The third kappa shape index (κ3) is 2.12. The van der Waals surface area contributed by atoms with Gasteiger partial charge in [0.05, 0.1) is 0 Å². The van der Waals surface area contributed by atoms with Crippen molar-refractivity contribution in [2.45, 2.75) is 19.8 Å². The normalized spacial score (nSPS) is 19.8. The average molecular weight is 166 g/mol. The van der Waals surface area contributed by atoms with Crippen molar-refractivity contribution in [1.29, 1.82) is 0 Å². The van der Waals surface area contributed by atoms with Crippen LogP contribution < -0.4 is 10.6 Å². The number of allylic oxidation sites excluding steroid dienone is 2. The lowest BCUT2D eigenvalue weighted by molar-refractivity contribution is -0.115. The molecule has 0 aromatic rings. The lowest BCUT2D eigenvalue weighted by Gasteiger charge is -2.06. The number of hydrogen-bond acceptors (Lipinski definition) is 2. The zero-order valence-electron chi connectivity index (χ0n) is 7.31. The largest absolute Gasteiger partial charge is 0.387 e. The molecule has 0 aromatic carbocycles. The molecular weight excluding hydrogens is 152 g/mol. The second kappa shape index (κ2) is 3.95. The molecule has 0 aromatic heterocycles. The van der Waals surface area contributed by atoms with Gasteiger partial charge in [0.15, 0.2) is 0 Å². The molecule has 12 heavy (non-hydrogen) atoms. The van der Waals surface area contributed by atoms with E-state index in [1.54, 1.807) is 0 Å². The van der Waals surface area contributed by atoms with Crippen LogP contribution in [0.3, 0.4) is 0 Å². The van der Waals surface area contributed by atoms with Gasteiger partial charge in [-0.05, 0) is 25.8 Å². The lowest BCUT2D eigenvalue weighted by atomic mass is 10.2. The van der Waals surface area contributed by atoms with E-state index in [9.17, 15) is 4.79 Å². The molecule has 0 atom stereocenters. The van der Waals surface area contributed by atoms with Crippen LogP contribution in [0.25, 0.3) is 0 Å². The van der Waals surface area contributed by atoms with Crippen LogP contribution in [0.15, 0.2) is 24.0 Å². The minimum Gasteiger partial charge on any atom is -0.387 e. The number of amides is 1. The third-order valence-electron chi connectivity index (χ3n) is 1.89. The van der Waals surface area contributed by atoms with Crippen molar-refractivity contribution in [2.75, 3.05) is 6.54 Å². The predicted octanol–water partition coefficient (Wildman–Crippen LogP) is 0.903. The SMILES string of the molecule is C=CC(=O)NC(C)=C1CCCN1. The topological polar surface area (TPSA) is 41.1 Å². The molecule has 1 saturated heterocycles. The summed E-state index contributed by atoms with van der Waals surface area (Å²) >= 11 is 0. The first-order valence-corrected chi connectivity index (χ1v) is 4.11. The first-order valence-electron chi connectivity index (χ1n) is 4.11. The molecule has 1 amide bonds. The molecule has 66 valence electrons. The summed E-state index contributed by atoms with van der Waals surface area (Å²) in [6.45, 7) is 6.29. The molecule has 0 saturated carbocycles. The van der Waals surface area contributed by atoms with Crippen LogP contribution in [-0.4, -0.2) is 12.5 Å². The lowest BCUT2D eigenvalue weighted by Crippen LogP contribution is -2.22. The first kappa shape index (κ1) is 8.84. The van der Waals surface area contributed by atoms with Gasteiger partial charge in [-0.2, -0.15) is 0 Å². The Hall–Kier alpha value is -1.25. The van der Waals surface area contributed by atoms with E-state index < -0.39 is 0 Å². The summed E-state index contributed by atoms with van der Waals surface area (Å²) in [5.41, 5.74) is 2.06. The summed E-state index contributed by atoms with van der Waals surface area (Å²) in [4.78, 5) is 10.9. The fourth-order valence-corrected chi connectivity index (χ4v) is 1.22. The monoisotopic (exact) mass is 166 g/mol. The fourth-order valence-electron chi connectivity index (χ4n) is 1.22. The Kier molecular flexibility index (Phi) is 2.91. The first-order chi connectivity index (χ1) is 5.74. The van der Waals surface area contributed by atoms with Gasteiger partial charge in [-0.3, -0.25) is 4.79 Å². The summed E-state index contributed by atoms with van der Waals surface area (Å²) in [6, 6.07) is 0. The maximum Gasteiger partial charge on any atom is 0.247 e. The molecule has 3 heteroatoms. The Morgan fingerprint density at radius 2 is 2.50 bits per heavy atom. The third-order valence-corrected chi connectivity index (χ3v) is 1.89. The summed E-state index contributed by atoms with van der Waals surface area (Å²) in [5.74, 6) is -0.145. The molecule has 1 heterocycles. The highest BCUT2D eigenvalue weighted by molar-refractivity contribution is 5.88. The van der Waals surface area contributed by atoms with Gasteiger partial charge in [0.2, 0.25) is 5.91 Å². The standard InChI is InChI=1S/C9H14N2O/c1-3-9(12)11-7(2)8-5-4-6-10-8/h3,10H,1,4-6H2,2H3,(H,11,12). The molecule has 3 nitrogen and oxygen atoms in total. The zero-order chi connectivity index (χ0) is 8.97. The van der Waals surface area contributed by atoms with Crippen molar-refractivity contribution in [3.05, 3.63) is 24.0 Å². The quantitative estimate of drug-likeness (QED) is 0.598. The Bertz CT molecular complexity index is 223. The number of carbonyl (C=O) groups excluding carboxylic acids is 1. The highest BCUT2D eigenvalue weighted by atomic mass is 16.1. The fraction of sp³-hybridized carbons (Fsp3) is 0.444. The summed E-state index contributed by atoms with van der Waals surface area (Å²) in [5, 5.41) is 5.95. The van der Waals surface area contributed by atoms with Crippen molar-refractivity contribution >= 4 is 5.91 Å². The average Bonchev–Trinajstić information content (AvgIpc) is 2.56. The highest BCUT2D eigenvalue weighted by Gasteiger charge is 2.09. The smallest absolute Gasteiger partial charge is 0.247 e. The number of rotatable bonds is 2. The van der Waals surface area contributed by atoms with Gasteiger partial charge in [-0.25, -0.2) is 0 Å². The molecule has 1 fully saturated rings. The van der Waals surface area contributed by atoms with Crippen molar-refractivity contribution in [2.24, 2.45) is 0 Å². The van der Waals surface area contributed by atoms with Crippen molar-refractivity contribution in [3.8, 4) is 0 Å². The minimum atomic E-state index is -0.145. The predicted molar refractivity (Wildman–Crippen MR) is 48.3 cm³/mol. The molecular formula is C9H14N2O. The van der Waals surface area contributed by atoms with Crippen LogP contribution in [0.1, 0.15) is 19.8 Å². The summed E-state index contributed by atoms with van der Waals surface area (Å²) in [6.07, 6.45) is 3.46. The van der Waals surface area contributed by atoms with Crippen molar-refractivity contribution in [1.82, 2.24) is 10.6 Å². The van der Waals surface area contributed by atoms with Crippen LogP contribution in [0.5, 0.6) is 0 Å². The molecule has 0 unspecified atom stereocenters. The van der Waals surface area contributed by atoms with Gasteiger partial charge in [0, 0.05) is 17.9 Å². The van der Waals surface area contributed by atoms with E-state index in [1.807, 2.05) is 6.92 Å². The maximum atomic E-state index is 10.9. The molecule has 1 rings (SSSR count). The Morgan fingerprint density at radius 1 is 1.75 bits per heavy atom. The summed E-state index contributed by atoms with van der Waals surface area (Å²) in [7, 11) is 0. The number of hydrogen-bond donors (Lipinski definition) is 2. The van der Waals surface area contributed by atoms with Crippen LogP contribution in [0, 0.1) is 0 Å². The molecule has 2 N–H and O–H groups in total. The second-order valence-corrected chi connectivity index (χ2v) is 2.83. The molecule has 0 bridgehead atoms. The van der Waals surface area contributed by atoms with Gasteiger partial charge in [0.1, 0.15) is 0 Å². The van der Waals surface area contributed by atoms with E-state index >= 15 is 0 Å². The highest BCUT2D eigenvalue weighted by Crippen LogP contribution is 2.11. The van der Waals surface area contributed by atoms with Crippen LogP contribution in [-0.2, 0) is 4.79 Å². The van der Waals surface area contributed by atoms with E-state index in [0.717, 1.165) is 30.8 Å². The van der Waals surface area contributed by atoms with E-state index in [4.69, 9.17) is 0 Å². The molecule has 0 aliphatic carbocycles. The van der Waals surface area contributed by atoms with Gasteiger partial charge in [-0.1, -0.05) is 6.58 Å². The second-order valence-electron chi connectivity index (χ2n) is 2.83. The van der Waals surface area contributed by atoms with Gasteiger partial charge in [-0.15, -0.1) is 0 Å². The Labute approximate surface area is 72.5 Å². The number of carbonyl (C=O) groups is 1. The summed E-state index contributed by atoms with van der Waals surface area (Å²) < 4.78 is 0. The van der Waals surface area contributed by atoms with E-state index in [0.29, 0.717) is 0 Å². The zero-order valence-corrected chi connectivity index (χ0v) is 7.31. The molecule has 0 spiro atoms.